The number of hydrogen-bond acceptors (Lipinski definition) is 7. The molecule has 0 N–H and O–H groups in total. The largest absolute Gasteiger partial charge is 0.460 e. The van der Waals surface area contributed by atoms with Crippen LogP contribution in [0.4, 0.5) is 0 Å². The van der Waals surface area contributed by atoms with Crippen molar-refractivity contribution >= 4 is 27.0 Å². The maximum absolute atomic E-state index is 13.4. The molecule has 0 aliphatic carbocycles. The van der Waals surface area contributed by atoms with Gasteiger partial charge in [-0.2, -0.15) is 4.31 Å². The number of ether oxygens (including phenoxy) is 1. The minimum Gasteiger partial charge on any atom is -0.460 e. The molecule has 1 aromatic carbocycles. The van der Waals surface area contributed by atoms with Crippen molar-refractivity contribution in [1.29, 1.82) is 0 Å². The monoisotopic (exact) mass is 418 g/mol. The van der Waals surface area contributed by atoms with Crippen molar-refractivity contribution in [3.05, 3.63) is 47.0 Å². The van der Waals surface area contributed by atoms with Gasteiger partial charge in [0, 0.05) is 23.6 Å². The molecular formula is C20H22N2O6S. The van der Waals surface area contributed by atoms with Crippen LogP contribution < -0.4 is 0 Å². The van der Waals surface area contributed by atoms with Crippen molar-refractivity contribution in [2.75, 3.05) is 13.2 Å². The highest BCUT2D eigenvalue weighted by atomic mass is 32.2. The van der Waals surface area contributed by atoms with Gasteiger partial charge in [0.05, 0.1) is 23.2 Å². The van der Waals surface area contributed by atoms with Crippen molar-refractivity contribution < 1.29 is 26.9 Å². The standard InChI is InChI=1S/C20H22N2O6S/c1-4-26-20(23)19-13(3)15-11-14(7-8-17(15)27-19)29(24,25)22-9-5-6-16(22)18-10-12(2)21-28-18/h7-8,10-11,16H,4-6,9H2,1-3H3. The Morgan fingerprint density at radius 1 is 1.31 bits per heavy atom. The van der Waals surface area contributed by atoms with Crippen molar-refractivity contribution in [3.63, 3.8) is 0 Å². The van der Waals surface area contributed by atoms with E-state index in [1.165, 1.54) is 10.4 Å². The van der Waals surface area contributed by atoms with Crippen LogP contribution in [0.25, 0.3) is 11.0 Å². The van der Waals surface area contributed by atoms with Gasteiger partial charge in [-0.1, -0.05) is 5.16 Å². The second-order valence-electron chi connectivity index (χ2n) is 7.08. The maximum Gasteiger partial charge on any atom is 0.374 e. The molecule has 0 radical (unpaired) electrons. The molecule has 0 saturated carbocycles. The molecule has 0 spiro atoms. The smallest absolute Gasteiger partial charge is 0.374 e. The van der Waals surface area contributed by atoms with Crippen LogP contribution in [0.5, 0.6) is 0 Å². The van der Waals surface area contributed by atoms with E-state index in [-0.39, 0.29) is 23.3 Å². The third kappa shape index (κ3) is 3.34. The zero-order valence-electron chi connectivity index (χ0n) is 16.5. The molecule has 3 aromatic rings. The van der Waals surface area contributed by atoms with Crippen LogP contribution in [-0.2, 0) is 14.8 Å². The summed E-state index contributed by atoms with van der Waals surface area (Å²) in [6.07, 6.45) is 1.41. The van der Waals surface area contributed by atoms with E-state index in [1.807, 2.05) is 0 Å². The Labute approximate surface area is 168 Å². The van der Waals surface area contributed by atoms with Crippen LogP contribution in [0.15, 0.2) is 38.1 Å². The van der Waals surface area contributed by atoms with Gasteiger partial charge >= 0.3 is 5.97 Å². The number of carbonyl (C=O) groups excluding carboxylic acids is 1. The minimum atomic E-state index is -3.77. The SMILES string of the molecule is CCOC(=O)c1oc2ccc(S(=O)(=O)N3CCCC3c3cc(C)no3)cc2c1C. The Hall–Kier alpha value is -2.65. The summed E-state index contributed by atoms with van der Waals surface area (Å²) < 4.78 is 44.1. The maximum atomic E-state index is 13.4. The molecule has 3 heterocycles. The predicted octanol–water partition coefficient (Wildman–Crippen LogP) is 3.74. The van der Waals surface area contributed by atoms with Gasteiger partial charge in [-0.15, -0.1) is 0 Å². The number of benzene rings is 1. The molecule has 1 aliphatic rings. The van der Waals surface area contributed by atoms with E-state index in [1.54, 1.807) is 39.0 Å². The average Bonchev–Trinajstić information content (AvgIpc) is 3.40. The molecule has 1 aliphatic heterocycles. The fourth-order valence-corrected chi connectivity index (χ4v) is 5.43. The predicted molar refractivity (Wildman–Crippen MR) is 104 cm³/mol. The lowest BCUT2D eigenvalue weighted by Crippen LogP contribution is -2.30. The van der Waals surface area contributed by atoms with E-state index in [4.69, 9.17) is 13.7 Å². The molecule has 2 aromatic heterocycles. The summed E-state index contributed by atoms with van der Waals surface area (Å²) in [5.41, 5.74) is 1.71. The third-order valence-corrected chi connectivity index (χ3v) is 7.06. The number of esters is 1. The van der Waals surface area contributed by atoms with Crippen LogP contribution in [0.1, 0.15) is 53.4 Å². The van der Waals surface area contributed by atoms with Gasteiger partial charge in [0.15, 0.2) is 5.76 Å². The van der Waals surface area contributed by atoms with Crippen LogP contribution in [0.3, 0.4) is 0 Å². The Morgan fingerprint density at radius 2 is 2.10 bits per heavy atom. The van der Waals surface area contributed by atoms with Gasteiger partial charge in [-0.3, -0.25) is 0 Å². The molecule has 4 rings (SSSR count). The number of aromatic nitrogens is 1. The summed E-state index contributed by atoms with van der Waals surface area (Å²) in [6.45, 7) is 5.86. The molecule has 1 saturated heterocycles. The molecule has 1 unspecified atom stereocenters. The number of aryl methyl sites for hydroxylation is 2. The van der Waals surface area contributed by atoms with Crippen molar-refractivity contribution in [1.82, 2.24) is 9.46 Å². The summed E-state index contributed by atoms with van der Waals surface area (Å²) in [5, 5.41) is 4.45. The van der Waals surface area contributed by atoms with Crippen LogP contribution >= 0.6 is 0 Å². The van der Waals surface area contributed by atoms with Crippen molar-refractivity contribution in [2.45, 2.75) is 44.6 Å². The summed E-state index contributed by atoms with van der Waals surface area (Å²) >= 11 is 0. The van der Waals surface area contributed by atoms with Crippen LogP contribution in [0, 0.1) is 13.8 Å². The number of hydrogen-bond donors (Lipinski definition) is 0. The van der Waals surface area contributed by atoms with Gasteiger partial charge in [0.2, 0.25) is 15.8 Å². The van der Waals surface area contributed by atoms with Gasteiger partial charge in [-0.25, -0.2) is 13.2 Å². The van der Waals surface area contributed by atoms with E-state index in [0.29, 0.717) is 41.0 Å². The Morgan fingerprint density at radius 3 is 2.79 bits per heavy atom. The highest BCUT2D eigenvalue weighted by Crippen LogP contribution is 2.38. The first kappa shape index (κ1) is 19.7. The minimum absolute atomic E-state index is 0.0904. The first-order chi connectivity index (χ1) is 13.8. The van der Waals surface area contributed by atoms with Crippen LogP contribution in [0.2, 0.25) is 0 Å². The molecule has 9 heteroatoms. The van der Waals surface area contributed by atoms with E-state index in [0.717, 1.165) is 6.42 Å². The Bertz CT molecular complexity index is 1180. The molecule has 1 atom stereocenters. The fraction of sp³-hybridized carbons (Fsp3) is 0.400. The first-order valence-electron chi connectivity index (χ1n) is 9.48. The molecule has 0 bridgehead atoms. The molecule has 29 heavy (non-hydrogen) atoms. The number of furan rings is 1. The van der Waals surface area contributed by atoms with E-state index in [2.05, 4.69) is 5.16 Å². The fourth-order valence-electron chi connectivity index (χ4n) is 3.74. The molecule has 0 amide bonds. The summed E-state index contributed by atoms with van der Waals surface area (Å²) in [4.78, 5) is 12.2. The van der Waals surface area contributed by atoms with Gasteiger partial charge in [0.1, 0.15) is 5.58 Å². The first-order valence-corrected chi connectivity index (χ1v) is 10.9. The average molecular weight is 418 g/mol. The number of rotatable bonds is 5. The van der Waals surface area contributed by atoms with Crippen molar-refractivity contribution in [3.8, 4) is 0 Å². The molecule has 8 nitrogen and oxygen atoms in total. The highest BCUT2D eigenvalue weighted by molar-refractivity contribution is 7.89. The van der Waals surface area contributed by atoms with Crippen LogP contribution in [-0.4, -0.2) is 37.0 Å². The Kier molecular flexibility index (Phi) is 4.95. The van der Waals surface area contributed by atoms with E-state index >= 15 is 0 Å². The van der Waals surface area contributed by atoms with Gasteiger partial charge < -0.3 is 13.7 Å². The lowest BCUT2D eigenvalue weighted by atomic mass is 10.1. The van der Waals surface area contributed by atoms with Gasteiger partial charge in [0.25, 0.3) is 0 Å². The number of fused-ring (bicyclic) bond motifs is 1. The number of nitrogens with zero attached hydrogens (tertiary/aromatic N) is 2. The zero-order chi connectivity index (χ0) is 20.8. The summed E-state index contributed by atoms with van der Waals surface area (Å²) in [6, 6.07) is 6.01. The summed E-state index contributed by atoms with van der Waals surface area (Å²) in [7, 11) is -3.77. The van der Waals surface area contributed by atoms with E-state index in [9.17, 15) is 13.2 Å². The normalized spacial score (nSPS) is 17.8. The lowest BCUT2D eigenvalue weighted by molar-refractivity contribution is 0.0491. The molecular weight excluding hydrogens is 396 g/mol. The quantitative estimate of drug-likeness (QED) is 0.582. The van der Waals surface area contributed by atoms with Gasteiger partial charge in [-0.05, 0) is 51.8 Å². The lowest BCUT2D eigenvalue weighted by Gasteiger charge is -2.22. The Balaban J connectivity index is 1.73. The number of sulfonamides is 1. The third-order valence-electron chi connectivity index (χ3n) is 5.15. The molecule has 154 valence electrons. The zero-order valence-corrected chi connectivity index (χ0v) is 17.3. The number of carbonyl (C=O) groups is 1. The van der Waals surface area contributed by atoms with E-state index < -0.39 is 16.0 Å². The summed E-state index contributed by atoms with van der Waals surface area (Å²) in [5.74, 6) is 0.0761. The highest BCUT2D eigenvalue weighted by Gasteiger charge is 2.38. The molecule has 1 fully saturated rings. The van der Waals surface area contributed by atoms with Crippen molar-refractivity contribution in [2.24, 2.45) is 0 Å². The topological polar surface area (TPSA) is 103 Å². The second-order valence-corrected chi connectivity index (χ2v) is 8.97. The second kappa shape index (κ2) is 7.31.